The fraction of sp³-hybridized carbons (Fsp3) is 0. The highest BCUT2D eigenvalue weighted by Gasteiger charge is 2.11. The van der Waals surface area contributed by atoms with E-state index in [1.807, 2.05) is 60.7 Å². The highest BCUT2D eigenvalue weighted by molar-refractivity contribution is 5.96. The first-order chi connectivity index (χ1) is 10.8. The molecule has 0 aliphatic carbocycles. The van der Waals surface area contributed by atoms with Crippen LogP contribution in [0.15, 0.2) is 78.9 Å². The molecule has 0 heterocycles. The molecule has 3 aromatic rings. The number of anilines is 2. The van der Waals surface area contributed by atoms with E-state index in [1.165, 1.54) is 0 Å². The van der Waals surface area contributed by atoms with Crippen molar-refractivity contribution in [3.05, 3.63) is 84.4 Å². The normalized spacial score (nSPS) is 10.2. The third-order valence-electron chi connectivity index (χ3n) is 3.44. The van der Waals surface area contributed by atoms with Gasteiger partial charge in [-0.25, -0.2) is 4.79 Å². The minimum atomic E-state index is -0.944. The molecule has 3 rings (SSSR count). The first-order valence-electron chi connectivity index (χ1n) is 6.99. The summed E-state index contributed by atoms with van der Waals surface area (Å²) >= 11 is 0. The molecule has 0 unspecified atom stereocenters. The van der Waals surface area contributed by atoms with E-state index in [1.54, 1.807) is 18.2 Å². The zero-order chi connectivity index (χ0) is 15.4. The van der Waals surface area contributed by atoms with E-state index in [9.17, 15) is 9.90 Å². The maximum absolute atomic E-state index is 11.3. The van der Waals surface area contributed by atoms with Gasteiger partial charge in [-0.2, -0.15) is 0 Å². The van der Waals surface area contributed by atoms with E-state index in [2.05, 4.69) is 5.32 Å². The highest BCUT2D eigenvalue weighted by Crippen LogP contribution is 2.31. The minimum Gasteiger partial charge on any atom is -0.478 e. The summed E-state index contributed by atoms with van der Waals surface area (Å²) in [6, 6.07) is 24.8. The maximum Gasteiger partial charge on any atom is 0.337 e. The number of carbonyl (C=O) groups is 1. The van der Waals surface area contributed by atoms with Crippen LogP contribution in [-0.2, 0) is 0 Å². The van der Waals surface area contributed by atoms with Gasteiger partial charge in [-0.1, -0.05) is 60.7 Å². The average molecular weight is 289 g/mol. The summed E-state index contributed by atoms with van der Waals surface area (Å²) in [5, 5.41) is 12.5. The van der Waals surface area contributed by atoms with Crippen LogP contribution < -0.4 is 5.32 Å². The van der Waals surface area contributed by atoms with Gasteiger partial charge >= 0.3 is 5.97 Å². The van der Waals surface area contributed by atoms with Crippen LogP contribution in [0.3, 0.4) is 0 Å². The Balaban J connectivity index is 2.03. The Morgan fingerprint density at radius 2 is 1.32 bits per heavy atom. The molecule has 0 amide bonds. The lowest BCUT2D eigenvalue weighted by Crippen LogP contribution is -2.03. The number of carboxylic acids is 1. The summed E-state index contributed by atoms with van der Waals surface area (Å²) in [6.45, 7) is 0. The molecule has 3 heteroatoms. The first-order valence-corrected chi connectivity index (χ1v) is 6.99. The SMILES string of the molecule is O=C(O)c1ccccc1Nc1ccccc1-c1ccccc1. The second-order valence-electron chi connectivity index (χ2n) is 4.89. The van der Waals surface area contributed by atoms with Crippen LogP contribution in [0, 0.1) is 0 Å². The molecular weight excluding hydrogens is 274 g/mol. The Morgan fingerprint density at radius 3 is 2.05 bits per heavy atom. The smallest absolute Gasteiger partial charge is 0.337 e. The standard InChI is InChI=1S/C19H15NO2/c21-19(22)16-11-5-7-13-18(16)20-17-12-6-4-10-15(17)14-8-2-1-3-9-14/h1-13,20H,(H,21,22). The van der Waals surface area contributed by atoms with Crippen molar-refractivity contribution in [1.82, 2.24) is 0 Å². The van der Waals surface area contributed by atoms with E-state index in [-0.39, 0.29) is 5.56 Å². The summed E-state index contributed by atoms with van der Waals surface area (Å²) in [5.74, 6) is -0.944. The molecule has 108 valence electrons. The molecule has 0 atom stereocenters. The Hall–Kier alpha value is -3.07. The van der Waals surface area contributed by atoms with Crippen molar-refractivity contribution in [2.24, 2.45) is 0 Å². The van der Waals surface area contributed by atoms with Gasteiger partial charge in [0.2, 0.25) is 0 Å². The van der Waals surface area contributed by atoms with E-state index in [0.717, 1.165) is 16.8 Å². The van der Waals surface area contributed by atoms with Crippen molar-refractivity contribution < 1.29 is 9.90 Å². The number of hydrogen-bond acceptors (Lipinski definition) is 2. The van der Waals surface area contributed by atoms with Gasteiger partial charge in [-0.15, -0.1) is 0 Å². The van der Waals surface area contributed by atoms with Crippen molar-refractivity contribution in [2.45, 2.75) is 0 Å². The van der Waals surface area contributed by atoms with Gasteiger partial charge in [0.25, 0.3) is 0 Å². The number of nitrogens with one attached hydrogen (secondary N) is 1. The Bertz CT molecular complexity index is 797. The van der Waals surface area contributed by atoms with Crippen LogP contribution in [0.4, 0.5) is 11.4 Å². The molecule has 22 heavy (non-hydrogen) atoms. The van der Waals surface area contributed by atoms with Gasteiger partial charge in [0, 0.05) is 11.3 Å². The van der Waals surface area contributed by atoms with Crippen LogP contribution in [0.25, 0.3) is 11.1 Å². The summed E-state index contributed by atoms with van der Waals surface area (Å²) < 4.78 is 0. The van der Waals surface area contributed by atoms with Crippen molar-refractivity contribution >= 4 is 17.3 Å². The van der Waals surface area contributed by atoms with Gasteiger partial charge in [-0.05, 0) is 23.8 Å². The van der Waals surface area contributed by atoms with Crippen LogP contribution >= 0.6 is 0 Å². The third-order valence-corrected chi connectivity index (χ3v) is 3.44. The minimum absolute atomic E-state index is 0.255. The molecule has 0 spiro atoms. The number of aromatic carboxylic acids is 1. The fourth-order valence-electron chi connectivity index (χ4n) is 2.39. The summed E-state index contributed by atoms with van der Waals surface area (Å²) in [7, 11) is 0. The van der Waals surface area contributed by atoms with Crippen LogP contribution in [0.2, 0.25) is 0 Å². The largest absolute Gasteiger partial charge is 0.478 e. The number of carboxylic acid groups (broad SMARTS) is 1. The zero-order valence-electron chi connectivity index (χ0n) is 11.9. The monoisotopic (exact) mass is 289 g/mol. The molecule has 0 saturated heterocycles. The van der Waals surface area contributed by atoms with Crippen LogP contribution in [-0.4, -0.2) is 11.1 Å². The highest BCUT2D eigenvalue weighted by atomic mass is 16.4. The Kier molecular flexibility index (Phi) is 3.88. The number of hydrogen-bond donors (Lipinski definition) is 2. The molecular formula is C19H15NO2. The topological polar surface area (TPSA) is 49.3 Å². The van der Waals surface area contributed by atoms with Crippen molar-refractivity contribution in [3.63, 3.8) is 0 Å². The molecule has 0 aliphatic rings. The Labute approximate surface area is 128 Å². The number of para-hydroxylation sites is 2. The molecule has 0 fully saturated rings. The predicted molar refractivity (Wildman–Crippen MR) is 88.6 cm³/mol. The van der Waals surface area contributed by atoms with Crippen molar-refractivity contribution in [3.8, 4) is 11.1 Å². The van der Waals surface area contributed by atoms with Gasteiger partial charge in [0.05, 0.1) is 11.3 Å². The molecule has 2 N–H and O–H groups in total. The quantitative estimate of drug-likeness (QED) is 0.725. The predicted octanol–water partition coefficient (Wildman–Crippen LogP) is 4.80. The van der Waals surface area contributed by atoms with Crippen molar-refractivity contribution in [2.75, 3.05) is 5.32 Å². The molecule has 0 saturated carbocycles. The van der Waals surface area contributed by atoms with Gasteiger partial charge in [0.15, 0.2) is 0 Å². The lowest BCUT2D eigenvalue weighted by atomic mass is 10.0. The fourth-order valence-corrected chi connectivity index (χ4v) is 2.39. The Morgan fingerprint density at radius 1 is 0.727 bits per heavy atom. The number of rotatable bonds is 4. The molecule has 0 aromatic heterocycles. The van der Waals surface area contributed by atoms with Crippen LogP contribution in [0.5, 0.6) is 0 Å². The first kappa shape index (κ1) is 13.9. The van der Waals surface area contributed by atoms with Gasteiger partial charge in [0.1, 0.15) is 0 Å². The molecule has 0 aliphatic heterocycles. The zero-order valence-corrected chi connectivity index (χ0v) is 11.9. The second-order valence-corrected chi connectivity index (χ2v) is 4.89. The lowest BCUT2D eigenvalue weighted by molar-refractivity contribution is 0.0698. The maximum atomic E-state index is 11.3. The summed E-state index contributed by atoms with van der Waals surface area (Å²) in [6.07, 6.45) is 0. The molecule has 3 nitrogen and oxygen atoms in total. The molecule has 3 aromatic carbocycles. The van der Waals surface area contributed by atoms with E-state index >= 15 is 0 Å². The average Bonchev–Trinajstić information content (AvgIpc) is 2.56. The number of benzene rings is 3. The van der Waals surface area contributed by atoms with E-state index in [4.69, 9.17) is 0 Å². The van der Waals surface area contributed by atoms with Crippen molar-refractivity contribution in [1.29, 1.82) is 0 Å². The summed E-state index contributed by atoms with van der Waals surface area (Å²) in [4.78, 5) is 11.3. The molecule has 0 bridgehead atoms. The lowest BCUT2D eigenvalue weighted by Gasteiger charge is -2.14. The molecule has 0 radical (unpaired) electrons. The second kappa shape index (κ2) is 6.14. The van der Waals surface area contributed by atoms with Gasteiger partial charge in [-0.3, -0.25) is 0 Å². The summed E-state index contributed by atoms with van der Waals surface area (Å²) in [5.41, 5.74) is 3.83. The third kappa shape index (κ3) is 2.83. The van der Waals surface area contributed by atoms with E-state index in [0.29, 0.717) is 5.69 Å². The van der Waals surface area contributed by atoms with Crippen LogP contribution in [0.1, 0.15) is 10.4 Å². The van der Waals surface area contributed by atoms with E-state index < -0.39 is 5.97 Å². The van der Waals surface area contributed by atoms with Gasteiger partial charge < -0.3 is 10.4 Å².